The summed E-state index contributed by atoms with van der Waals surface area (Å²) in [4.78, 5) is 17.5. The Labute approximate surface area is 159 Å². The van der Waals surface area contributed by atoms with Crippen LogP contribution < -0.4 is 0 Å². The van der Waals surface area contributed by atoms with Gasteiger partial charge in [0.25, 0.3) is 0 Å². The summed E-state index contributed by atoms with van der Waals surface area (Å²) in [5, 5.41) is 8.38. The van der Waals surface area contributed by atoms with Gasteiger partial charge in [-0.25, -0.2) is 0 Å². The standard InChI is InChI=1S/C20H25ClN4O/c1-13(2)24-9-7-15(11-24)20(26)25-10-8-18-17(12-25)19(23-22-18)14-3-5-16(21)6-4-14/h3-6,13,15H,7-12H2,1-2H3,(H,22,23)/t15-/m1/s1. The molecule has 2 aromatic rings. The zero-order valence-electron chi connectivity index (χ0n) is 15.3. The summed E-state index contributed by atoms with van der Waals surface area (Å²) < 4.78 is 0. The van der Waals surface area contributed by atoms with Gasteiger partial charge in [-0.1, -0.05) is 23.7 Å². The molecule has 2 aliphatic heterocycles. The lowest BCUT2D eigenvalue weighted by Gasteiger charge is -2.30. The zero-order chi connectivity index (χ0) is 18.3. The lowest BCUT2D eigenvalue weighted by atomic mass is 9.99. The van der Waals surface area contributed by atoms with Crippen LogP contribution in [0.25, 0.3) is 11.3 Å². The van der Waals surface area contributed by atoms with Crippen LogP contribution >= 0.6 is 11.6 Å². The van der Waals surface area contributed by atoms with Crippen LogP contribution in [0.5, 0.6) is 0 Å². The first-order chi connectivity index (χ1) is 12.5. The fraction of sp³-hybridized carbons (Fsp3) is 0.500. The summed E-state index contributed by atoms with van der Waals surface area (Å²) in [6.07, 6.45) is 1.80. The van der Waals surface area contributed by atoms with Gasteiger partial charge in [-0.3, -0.25) is 9.89 Å². The highest BCUT2D eigenvalue weighted by Gasteiger charge is 2.34. The molecule has 138 valence electrons. The largest absolute Gasteiger partial charge is 0.338 e. The van der Waals surface area contributed by atoms with Crippen molar-refractivity contribution in [3.63, 3.8) is 0 Å². The molecule has 0 aliphatic carbocycles. The number of benzene rings is 1. The lowest BCUT2D eigenvalue weighted by molar-refractivity contribution is -0.136. The number of nitrogens with zero attached hydrogens (tertiary/aromatic N) is 3. The molecule has 1 saturated heterocycles. The maximum absolute atomic E-state index is 13.0. The molecule has 0 saturated carbocycles. The second kappa shape index (κ2) is 7.05. The van der Waals surface area contributed by atoms with Crippen LogP contribution in [0.15, 0.2) is 24.3 Å². The van der Waals surface area contributed by atoms with Crippen molar-refractivity contribution >= 4 is 17.5 Å². The average molecular weight is 373 g/mol. The van der Waals surface area contributed by atoms with Crippen molar-refractivity contribution in [1.29, 1.82) is 0 Å². The van der Waals surface area contributed by atoms with Crippen LogP contribution in [0, 0.1) is 5.92 Å². The molecule has 1 fully saturated rings. The van der Waals surface area contributed by atoms with E-state index in [2.05, 4.69) is 28.9 Å². The SMILES string of the molecule is CC(C)N1CC[C@@H](C(=O)N2CCc3[nH]nc(-c4ccc(Cl)cc4)c3C2)C1. The molecule has 2 aliphatic rings. The van der Waals surface area contributed by atoms with Gasteiger partial charge in [0.2, 0.25) is 5.91 Å². The third-order valence-electron chi connectivity index (χ3n) is 5.66. The second-order valence-electron chi connectivity index (χ2n) is 7.62. The van der Waals surface area contributed by atoms with E-state index in [1.165, 1.54) is 0 Å². The summed E-state index contributed by atoms with van der Waals surface area (Å²) in [5.74, 6) is 0.423. The molecule has 1 N–H and O–H groups in total. The Morgan fingerprint density at radius 2 is 2.04 bits per heavy atom. The van der Waals surface area contributed by atoms with Crippen molar-refractivity contribution in [2.45, 2.75) is 39.3 Å². The Morgan fingerprint density at radius 3 is 2.73 bits per heavy atom. The summed E-state index contributed by atoms with van der Waals surface area (Å²) in [6, 6.07) is 8.23. The number of likely N-dealkylation sites (tertiary alicyclic amines) is 1. The number of aromatic amines is 1. The fourth-order valence-electron chi connectivity index (χ4n) is 4.05. The van der Waals surface area contributed by atoms with Gasteiger partial charge in [0.1, 0.15) is 0 Å². The van der Waals surface area contributed by atoms with Crippen molar-refractivity contribution in [1.82, 2.24) is 20.0 Å². The van der Waals surface area contributed by atoms with Gasteiger partial charge in [0, 0.05) is 53.9 Å². The van der Waals surface area contributed by atoms with Crippen LogP contribution in [0.3, 0.4) is 0 Å². The van der Waals surface area contributed by atoms with E-state index in [4.69, 9.17) is 11.6 Å². The molecule has 1 aromatic heterocycles. The molecule has 6 heteroatoms. The number of nitrogens with one attached hydrogen (secondary N) is 1. The summed E-state index contributed by atoms with van der Waals surface area (Å²) in [6.45, 7) is 7.71. The molecule has 26 heavy (non-hydrogen) atoms. The number of fused-ring (bicyclic) bond motifs is 1. The fourth-order valence-corrected chi connectivity index (χ4v) is 4.17. The highest BCUT2D eigenvalue weighted by Crippen LogP contribution is 2.30. The maximum Gasteiger partial charge on any atom is 0.227 e. The van der Waals surface area contributed by atoms with E-state index in [9.17, 15) is 4.79 Å². The molecule has 4 rings (SSSR count). The Kier molecular flexibility index (Phi) is 4.76. The molecule has 1 aromatic carbocycles. The van der Waals surface area contributed by atoms with Gasteiger partial charge in [0.05, 0.1) is 11.6 Å². The third kappa shape index (κ3) is 3.26. The van der Waals surface area contributed by atoms with Gasteiger partial charge >= 0.3 is 0 Å². The predicted molar refractivity (Wildman–Crippen MR) is 103 cm³/mol. The third-order valence-corrected chi connectivity index (χ3v) is 5.91. The monoisotopic (exact) mass is 372 g/mol. The van der Waals surface area contributed by atoms with Gasteiger partial charge in [-0.05, 0) is 38.9 Å². The topological polar surface area (TPSA) is 52.2 Å². The van der Waals surface area contributed by atoms with Gasteiger partial charge < -0.3 is 9.80 Å². The van der Waals surface area contributed by atoms with Crippen LogP contribution in [0.4, 0.5) is 0 Å². The quantitative estimate of drug-likeness (QED) is 0.898. The predicted octanol–water partition coefficient (Wildman–Crippen LogP) is 3.35. The Balaban J connectivity index is 1.52. The number of carbonyl (C=O) groups excluding carboxylic acids is 1. The molecule has 0 spiro atoms. The number of carbonyl (C=O) groups is 1. The van der Waals surface area contributed by atoms with E-state index in [1.807, 2.05) is 29.2 Å². The van der Waals surface area contributed by atoms with Crippen molar-refractivity contribution in [2.24, 2.45) is 5.92 Å². The Morgan fingerprint density at radius 1 is 1.27 bits per heavy atom. The molecular weight excluding hydrogens is 348 g/mol. The first kappa shape index (κ1) is 17.6. The number of amides is 1. The molecule has 0 unspecified atom stereocenters. The average Bonchev–Trinajstić information content (AvgIpc) is 3.29. The number of rotatable bonds is 3. The van der Waals surface area contributed by atoms with Crippen molar-refractivity contribution in [3.05, 3.63) is 40.5 Å². The molecule has 1 amide bonds. The maximum atomic E-state index is 13.0. The van der Waals surface area contributed by atoms with E-state index >= 15 is 0 Å². The van der Waals surface area contributed by atoms with E-state index in [1.54, 1.807) is 0 Å². The number of hydrogen-bond donors (Lipinski definition) is 1. The van der Waals surface area contributed by atoms with Crippen LogP contribution in [-0.4, -0.2) is 51.6 Å². The minimum atomic E-state index is 0.129. The smallest absolute Gasteiger partial charge is 0.227 e. The minimum absolute atomic E-state index is 0.129. The minimum Gasteiger partial charge on any atom is -0.338 e. The first-order valence-corrected chi connectivity index (χ1v) is 9.75. The molecule has 1 atom stereocenters. The molecule has 0 radical (unpaired) electrons. The molecule has 0 bridgehead atoms. The lowest BCUT2D eigenvalue weighted by Crippen LogP contribution is -2.41. The van der Waals surface area contributed by atoms with E-state index in [0.29, 0.717) is 23.5 Å². The molecule has 5 nitrogen and oxygen atoms in total. The number of halogens is 1. The molecular formula is C20H25ClN4O. The van der Waals surface area contributed by atoms with E-state index < -0.39 is 0 Å². The first-order valence-electron chi connectivity index (χ1n) is 9.38. The van der Waals surface area contributed by atoms with Crippen molar-refractivity contribution < 1.29 is 4.79 Å². The summed E-state index contributed by atoms with van der Waals surface area (Å²) >= 11 is 6.00. The number of aromatic nitrogens is 2. The van der Waals surface area contributed by atoms with Gasteiger partial charge in [-0.2, -0.15) is 5.10 Å². The van der Waals surface area contributed by atoms with E-state index in [-0.39, 0.29) is 5.92 Å². The van der Waals surface area contributed by atoms with Crippen LogP contribution in [0.1, 0.15) is 31.5 Å². The zero-order valence-corrected chi connectivity index (χ0v) is 16.1. The summed E-state index contributed by atoms with van der Waals surface area (Å²) in [5.41, 5.74) is 4.26. The Bertz CT molecular complexity index is 799. The van der Waals surface area contributed by atoms with E-state index in [0.717, 1.165) is 55.0 Å². The summed E-state index contributed by atoms with van der Waals surface area (Å²) in [7, 11) is 0. The van der Waals surface area contributed by atoms with Crippen LogP contribution in [0.2, 0.25) is 5.02 Å². The van der Waals surface area contributed by atoms with Gasteiger partial charge in [0.15, 0.2) is 0 Å². The Hall–Kier alpha value is -1.85. The van der Waals surface area contributed by atoms with Crippen molar-refractivity contribution in [2.75, 3.05) is 19.6 Å². The normalized spacial score (nSPS) is 20.6. The van der Waals surface area contributed by atoms with Crippen LogP contribution in [-0.2, 0) is 17.8 Å². The second-order valence-corrected chi connectivity index (χ2v) is 8.06. The molecule has 3 heterocycles. The highest BCUT2D eigenvalue weighted by atomic mass is 35.5. The van der Waals surface area contributed by atoms with Gasteiger partial charge in [-0.15, -0.1) is 0 Å². The van der Waals surface area contributed by atoms with Crippen molar-refractivity contribution in [3.8, 4) is 11.3 Å². The number of hydrogen-bond acceptors (Lipinski definition) is 3. The highest BCUT2D eigenvalue weighted by molar-refractivity contribution is 6.30. The number of H-pyrrole nitrogens is 1.